The van der Waals surface area contributed by atoms with E-state index in [9.17, 15) is 4.39 Å². The number of benzene rings is 1. The molecule has 4 heteroatoms. The molecule has 0 aliphatic carbocycles. The minimum atomic E-state index is -0.209. The number of halogens is 2. The maximum absolute atomic E-state index is 13.8. The standard InChI is InChI=1S/C14H20ClFN2/c1-10-8-18(11(2)6-7-17-10)9-12-13(15)4-3-5-14(12)16/h3-5,10-11,17H,6-9H2,1-2H3. The Morgan fingerprint density at radius 2 is 2.22 bits per heavy atom. The highest BCUT2D eigenvalue weighted by atomic mass is 35.5. The molecule has 1 heterocycles. The predicted molar refractivity (Wildman–Crippen MR) is 73.4 cm³/mol. The molecule has 2 rings (SSSR count). The Labute approximate surface area is 113 Å². The third-order valence-corrected chi connectivity index (χ3v) is 3.96. The highest BCUT2D eigenvalue weighted by Gasteiger charge is 2.22. The molecule has 1 saturated heterocycles. The summed E-state index contributed by atoms with van der Waals surface area (Å²) in [7, 11) is 0. The molecule has 1 aliphatic rings. The van der Waals surface area contributed by atoms with Crippen molar-refractivity contribution in [3.05, 3.63) is 34.6 Å². The summed E-state index contributed by atoms with van der Waals surface area (Å²) in [5, 5.41) is 3.97. The summed E-state index contributed by atoms with van der Waals surface area (Å²) < 4.78 is 13.8. The van der Waals surface area contributed by atoms with Gasteiger partial charge in [-0.2, -0.15) is 0 Å². The largest absolute Gasteiger partial charge is 0.313 e. The van der Waals surface area contributed by atoms with Crippen molar-refractivity contribution >= 4 is 11.6 Å². The van der Waals surface area contributed by atoms with E-state index in [1.165, 1.54) is 6.07 Å². The molecule has 1 aliphatic heterocycles. The van der Waals surface area contributed by atoms with Gasteiger partial charge in [-0.25, -0.2) is 4.39 Å². The van der Waals surface area contributed by atoms with Gasteiger partial charge in [0.15, 0.2) is 0 Å². The smallest absolute Gasteiger partial charge is 0.129 e. The summed E-state index contributed by atoms with van der Waals surface area (Å²) in [6.07, 6.45) is 1.08. The molecular formula is C14H20ClFN2. The van der Waals surface area contributed by atoms with Gasteiger partial charge >= 0.3 is 0 Å². The molecule has 2 nitrogen and oxygen atoms in total. The zero-order valence-electron chi connectivity index (χ0n) is 10.9. The Morgan fingerprint density at radius 1 is 1.44 bits per heavy atom. The van der Waals surface area contributed by atoms with Gasteiger partial charge in [0.05, 0.1) is 0 Å². The normalized spacial score (nSPS) is 26.0. The van der Waals surface area contributed by atoms with Gasteiger partial charge in [-0.15, -0.1) is 0 Å². The molecule has 0 aromatic heterocycles. The zero-order chi connectivity index (χ0) is 13.1. The van der Waals surface area contributed by atoms with Crippen LogP contribution in [-0.4, -0.2) is 30.1 Å². The lowest BCUT2D eigenvalue weighted by Crippen LogP contribution is -2.38. The Balaban J connectivity index is 2.16. The summed E-state index contributed by atoms with van der Waals surface area (Å²) >= 11 is 6.09. The second-order valence-electron chi connectivity index (χ2n) is 5.12. The van der Waals surface area contributed by atoms with E-state index in [4.69, 9.17) is 11.6 Å². The van der Waals surface area contributed by atoms with Crippen LogP contribution in [0, 0.1) is 5.82 Å². The first-order chi connectivity index (χ1) is 8.58. The van der Waals surface area contributed by atoms with E-state index in [-0.39, 0.29) is 5.82 Å². The third kappa shape index (κ3) is 3.22. The summed E-state index contributed by atoms with van der Waals surface area (Å²) in [4.78, 5) is 2.30. The van der Waals surface area contributed by atoms with Gasteiger partial charge in [0.1, 0.15) is 5.82 Å². The Morgan fingerprint density at radius 3 is 2.94 bits per heavy atom. The first-order valence-corrected chi connectivity index (χ1v) is 6.86. The van der Waals surface area contributed by atoms with Crippen LogP contribution in [0.4, 0.5) is 4.39 Å². The molecule has 0 saturated carbocycles. The van der Waals surface area contributed by atoms with Gasteiger partial charge in [0.2, 0.25) is 0 Å². The number of rotatable bonds is 2. The predicted octanol–water partition coefficient (Wildman–Crippen LogP) is 3.05. The van der Waals surface area contributed by atoms with E-state index in [1.54, 1.807) is 12.1 Å². The van der Waals surface area contributed by atoms with Crippen LogP contribution in [0.1, 0.15) is 25.8 Å². The maximum Gasteiger partial charge on any atom is 0.129 e. The van der Waals surface area contributed by atoms with Crippen LogP contribution < -0.4 is 5.32 Å². The lowest BCUT2D eigenvalue weighted by Gasteiger charge is -2.28. The lowest BCUT2D eigenvalue weighted by atomic mass is 10.1. The molecule has 0 radical (unpaired) electrons. The van der Waals surface area contributed by atoms with Crippen LogP contribution in [-0.2, 0) is 6.54 Å². The minimum absolute atomic E-state index is 0.209. The van der Waals surface area contributed by atoms with Crippen LogP contribution in [0.5, 0.6) is 0 Å². The molecular weight excluding hydrogens is 251 g/mol. The van der Waals surface area contributed by atoms with Crippen molar-refractivity contribution in [2.75, 3.05) is 13.1 Å². The molecule has 1 fully saturated rings. The Kier molecular flexibility index (Phi) is 4.60. The fraction of sp³-hybridized carbons (Fsp3) is 0.571. The highest BCUT2D eigenvalue weighted by molar-refractivity contribution is 6.31. The fourth-order valence-corrected chi connectivity index (χ4v) is 2.65. The number of nitrogens with one attached hydrogen (secondary N) is 1. The lowest BCUT2D eigenvalue weighted by molar-refractivity contribution is 0.196. The molecule has 100 valence electrons. The van der Waals surface area contributed by atoms with E-state index in [2.05, 4.69) is 24.1 Å². The third-order valence-electron chi connectivity index (χ3n) is 3.61. The monoisotopic (exact) mass is 270 g/mol. The molecule has 18 heavy (non-hydrogen) atoms. The maximum atomic E-state index is 13.8. The van der Waals surface area contributed by atoms with Crippen molar-refractivity contribution < 1.29 is 4.39 Å². The summed E-state index contributed by atoms with van der Waals surface area (Å²) in [6, 6.07) is 5.76. The quantitative estimate of drug-likeness (QED) is 0.889. The molecule has 1 aromatic rings. The van der Waals surface area contributed by atoms with Crippen LogP contribution in [0.3, 0.4) is 0 Å². The van der Waals surface area contributed by atoms with Crippen LogP contribution in [0.2, 0.25) is 5.02 Å². The molecule has 0 amide bonds. The molecule has 2 atom stereocenters. The van der Waals surface area contributed by atoms with Crippen molar-refractivity contribution in [1.29, 1.82) is 0 Å². The molecule has 0 bridgehead atoms. The second kappa shape index (κ2) is 6.00. The second-order valence-corrected chi connectivity index (χ2v) is 5.53. The topological polar surface area (TPSA) is 15.3 Å². The summed E-state index contributed by atoms with van der Waals surface area (Å²) in [6.45, 7) is 6.87. The zero-order valence-corrected chi connectivity index (χ0v) is 11.7. The molecule has 1 N–H and O–H groups in total. The van der Waals surface area contributed by atoms with Gasteiger partial charge in [-0.1, -0.05) is 17.7 Å². The van der Waals surface area contributed by atoms with Gasteiger partial charge in [-0.05, 0) is 38.9 Å². The van der Waals surface area contributed by atoms with Gasteiger partial charge in [-0.3, -0.25) is 4.90 Å². The van der Waals surface area contributed by atoms with Crippen molar-refractivity contribution in [3.8, 4) is 0 Å². The first-order valence-electron chi connectivity index (χ1n) is 6.48. The average molecular weight is 271 g/mol. The average Bonchev–Trinajstić information content (AvgIpc) is 2.46. The first kappa shape index (κ1) is 13.8. The van der Waals surface area contributed by atoms with Crippen molar-refractivity contribution in [2.24, 2.45) is 0 Å². The highest BCUT2D eigenvalue weighted by Crippen LogP contribution is 2.22. The fourth-order valence-electron chi connectivity index (χ4n) is 2.42. The van der Waals surface area contributed by atoms with E-state index >= 15 is 0 Å². The van der Waals surface area contributed by atoms with E-state index < -0.39 is 0 Å². The number of nitrogens with zero attached hydrogens (tertiary/aromatic N) is 1. The molecule has 2 unspecified atom stereocenters. The molecule has 1 aromatic carbocycles. The summed E-state index contributed by atoms with van der Waals surface area (Å²) in [5.41, 5.74) is 0.611. The minimum Gasteiger partial charge on any atom is -0.313 e. The van der Waals surface area contributed by atoms with Crippen LogP contribution in [0.25, 0.3) is 0 Å². The van der Waals surface area contributed by atoms with Crippen molar-refractivity contribution in [2.45, 2.75) is 38.9 Å². The SMILES string of the molecule is CC1CN(Cc2c(F)cccc2Cl)C(C)CCN1. The van der Waals surface area contributed by atoms with Crippen LogP contribution >= 0.6 is 11.6 Å². The molecule has 0 spiro atoms. The van der Waals surface area contributed by atoms with E-state index in [1.807, 2.05) is 0 Å². The van der Waals surface area contributed by atoms with Crippen molar-refractivity contribution in [1.82, 2.24) is 10.2 Å². The van der Waals surface area contributed by atoms with Gasteiger partial charge in [0.25, 0.3) is 0 Å². The number of hydrogen-bond donors (Lipinski definition) is 1. The van der Waals surface area contributed by atoms with E-state index in [0.717, 1.165) is 19.5 Å². The van der Waals surface area contributed by atoms with Gasteiger partial charge in [0, 0.05) is 35.8 Å². The number of hydrogen-bond acceptors (Lipinski definition) is 2. The summed E-state index contributed by atoms with van der Waals surface area (Å²) in [5.74, 6) is -0.209. The Bertz CT molecular complexity index is 391. The van der Waals surface area contributed by atoms with Crippen LogP contribution in [0.15, 0.2) is 18.2 Å². The van der Waals surface area contributed by atoms with E-state index in [0.29, 0.717) is 29.2 Å². The Hall–Kier alpha value is -0.640. The van der Waals surface area contributed by atoms with Gasteiger partial charge < -0.3 is 5.32 Å². The van der Waals surface area contributed by atoms with Crippen molar-refractivity contribution in [3.63, 3.8) is 0 Å².